The van der Waals surface area contributed by atoms with Crippen molar-refractivity contribution in [3.05, 3.63) is 29.8 Å². The van der Waals surface area contributed by atoms with Crippen molar-refractivity contribution in [3.63, 3.8) is 0 Å². The van der Waals surface area contributed by atoms with Gasteiger partial charge in [-0.15, -0.1) is 0 Å². The van der Waals surface area contributed by atoms with Crippen molar-refractivity contribution in [2.75, 3.05) is 25.1 Å². The number of hydrogen-bond donors (Lipinski definition) is 9. The SMILES string of the molecule is CCCCCCCCCCCNC(=O)Nc1ccc(CCC(=O)C[C@@H]2O[C@H](CO)[C@@H](O[C@@H]3O[C@H](CO)[C@H](O)[C@H](O)[C@H]3O)[C@H](O)[C@H]2O)cc1. The van der Waals surface area contributed by atoms with Gasteiger partial charge in [-0.3, -0.25) is 4.79 Å². The van der Waals surface area contributed by atoms with Gasteiger partial charge in [-0.1, -0.05) is 70.4 Å². The van der Waals surface area contributed by atoms with Gasteiger partial charge in [0, 0.05) is 25.1 Å². The van der Waals surface area contributed by atoms with Crippen LogP contribution in [0.4, 0.5) is 10.5 Å². The Labute approximate surface area is 282 Å². The Hall–Kier alpha value is -2.24. The van der Waals surface area contributed by atoms with Crippen LogP contribution in [-0.4, -0.2) is 129 Å². The van der Waals surface area contributed by atoms with Gasteiger partial charge in [-0.2, -0.15) is 0 Å². The molecule has 0 aromatic heterocycles. The summed E-state index contributed by atoms with van der Waals surface area (Å²) in [4.78, 5) is 25.0. The van der Waals surface area contributed by atoms with Crippen LogP contribution in [0.5, 0.6) is 0 Å². The summed E-state index contributed by atoms with van der Waals surface area (Å²) in [5.41, 5.74) is 1.48. The fourth-order valence-corrected chi connectivity index (χ4v) is 6.01. The highest BCUT2D eigenvalue weighted by molar-refractivity contribution is 5.89. The predicted molar refractivity (Wildman–Crippen MR) is 175 cm³/mol. The van der Waals surface area contributed by atoms with E-state index in [2.05, 4.69) is 17.6 Å². The molecular weight excluding hydrogens is 628 g/mol. The second-order valence-electron chi connectivity index (χ2n) is 12.8. The Kier molecular flexibility index (Phi) is 17.7. The highest BCUT2D eigenvalue weighted by Gasteiger charge is 2.50. The topological polar surface area (TPSA) is 227 Å². The van der Waals surface area contributed by atoms with E-state index in [-0.39, 0.29) is 24.7 Å². The molecule has 14 heteroatoms. The van der Waals surface area contributed by atoms with Crippen molar-refractivity contribution in [2.24, 2.45) is 0 Å². The zero-order valence-electron chi connectivity index (χ0n) is 27.9. The molecule has 10 atom stereocenters. The molecule has 0 radical (unpaired) electrons. The number of ether oxygens (including phenoxy) is 3. The summed E-state index contributed by atoms with van der Waals surface area (Å²) in [6.45, 7) is 1.47. The zero-order chi connectivity index (χ0) is 35.1. The first-order chi connectivity index (χ1) is 23.1. The average molecular weight is 685 g/mol. The van der Waals surface area contributed by atoms with Crippen LogP contribution in [-0.2, 0) is 25.4 Å². The van der Waals surface area contributed by atoms with Crippen molar-refractivity contribution in [3.8, 4) is 0 Å². The van der Waals surface area contributed by atoms with Crippen molar-refractivity contribution in [2.45, 2.75) is 145 Å². The number of rotatable bonds is 20. The lowest BCUT2D eigenvalue weighted by Gasteiger charge is -2.46. The second kappa shape index (κ2) is 21.1. The molecule has 0 unspecified atom stereocenters. The summed E-state index contributed by atoms with van der Waals surface area (Å²) in [6, 6.07) is 6.85. The molecule has 0 spiro atoms. The van der Waals surface area contributed by atoms with Crippen molar-refractivity contribution < 1.29 is 59.5 Å². The number of hydrogen-bond acceptors (Lipinski definition) is 12. The van der Waals surface area contributed by atoms with E-state index in [0.717, 1.165) is 18.4 Å². The van der Waals surface area contributed by atoms with Gasteiger partial charge in [0.05, 0.1) is 19.3 Å². The van der Waals surface area contributed by atoms with Crippen LogP contribution in [0.3, 0.4) is 0 Å². The number of nitrogens with one attached hydrogen (secondary N) is 2. The first kappa shape index (κ1) is 40.2. The van der Waals surface area contributed by atoms with Crippen LogP contribution in [0.15, 0.2) is 24.3 Å². The maximum atomic E-state index is 12.8. The van der Waals surface area contributed by atoms with Gasteiger partial charge in [0.15, 0.2) is 6.29 Å². The number of aryl methyl sites for hydroxylation is 1. The Balaban J connectivity index is 1.37. The number of aliphatic hydroxyl groups is 7. The van der Waals surface area contributed by atoms with Crippen LogP contribution < -0.4 is 10.6 Å². The third kappa shape index (κ3) is 12.3. The lowest BCUT2D eigenvalue weighted by Crippen LogP contribution is -2.64. The van der Waals surface area contributed by atoms with Gasteiger partial charge in [0.1, 0.15) is 54.6 Å². The monoisotopic (exact) mass is 684 g/mol. The number of carbonyl (C=O) groups is 2. The fraction of sp³-hybridized carbons (Fsp3) is 0.765. The molecule has 2 heterocycles. The van der Waals surface area contributed by atoms with Crippen molar-refractivity contribution >= 4 is 17.5 Å². The molecule has 274 valence electrons. The van der Waals surface area contributed by atoms with Crippen LogP contribution in [0.2, 0.25) is 0 Å². The molecule has 2 aliphatic heterocycles. The molecule has 48 heavy (non-hydrogen) atoms. The van der Waals surface area contributed by atoms with Gasteiger partial charge in [-0.05, 0) is 30.5 Å². The molecule has 0 aliphatic carbocycles. The number of amides is 2. The van der Waals surface area contributed by atoms with Gasteiger partial charge >= 0.3 is 6.03 Å². The number of aliphatic hydroxyl groups excluding tert-OH is 7. The van der Waals surface area contributed by atoms with E-state index in [1.807, 2.05) is 12.1 Å². The summed E-state index contributed by atoms with van der Waals surface area (Å²) < 4.78 is 16.6. The molecule has 2 amide bonds. The van der Waals surface area contributed by atoms with Crippen molar-refractivity contribution in [1.29, 1.82) is 0 Å². The Morgan fingerprint density at radius 1 is 0.729 bits per heavy atom. The summed E-state index contributed by atoms with van der Waals surface area (Å²) in [7, 11) is 0. The number of anilines is 1. The van der Waals surface area contributed by atoms with E-state index in [0.29, 0.717) is 18.7 Å². The smallest absolute Gasteiger partial charge is 0.319 e. The van der Waals surface area contributed by atoms with E-state index in [4.69, 9.17) is 14.2 Å². The Morgan fingerprint density at radius 2 is 1.33 bits per heavy atom. The number of benzene rings is 1. The minimum Gasteiger partial charge on any atom is -0.394 e. The fourth-order valence-electron chi connectivity index (χ4n) is 6.01. The molecule has 9 N–H and O–H groups in total. The summed E-state index contributed by atoms with van der Waals surface area (Å²) >= 11 is 0. The van der Waals surface area contributed by atoms with Gasteiger partial charge in [0.2, 0.25) is 0 Å². The summed E-state index contributed by atoms with van der Waals surface area (Å²) in [5.74, 6) is -0.255. The number of ketones is 1. The number of unbranched alkanes of at least 4 members (excludes halogenated alkanes) is 8. The normalized spacial score (nSPS) is 30.6. The van der Waals surface area contributed by atoms with Crippen molar-refractivity contribution in [1.82, 2.24) is 5.32 Å². The third-order valence-corrected chi connectivity index (χ3v) is 9.00. The molecule has 2 fully saturated rings. The van der Waals surface area contributed by atoms with Crippen LogP contribution in [0.1, 0.15) is 83.1 Å². The maximum Gasteiger partial charge on any atom is 0.319 e. The largest absolute Gasteiger partial charge is 0.394 e. The second-order valence-corrected chi connectivity index (χ2v) is 12.8. The first-order valence-electron chi connectivity index (χ1n) is 17.3. The highest BCUT2D eigenvalue weighted by Crippen LogP contribution is 2.30. The quantitative estimate of drug-likeness (QED) is 0.0873. The average Bonchev–Trinajstić information content (AvgIpc) is 3.08. The molecule has 2 saturated heterocycles. The van der Waals surface area contributed by atoms with E-state index in [9.17, 15) is 45.3 Å². The molecule has 0 saturated carbocycles. The number of carbonyl (C=O) groups excluding carboxylic acids is 2. The van der Waals surface area contributed by atoms with E-state index in [1.165, 1.54) is 44.9 Å². The van der Waals surface area contributed by atoms with Gasteiger partial charge < -0.3 is 60.6 Å². The molecular formula is C34H56N2O12. The van der Waals surface area contributed by atoms with Crippen LogP contribution in [0, 0.1) is 0 Å². The van der Waals surface area contributed by atoms with Gasteiger partial charge in [0.25, 0.3) is 0 Å². The van der Waals surface area contributed by atoms with Gasteiger partial charge in [-0.25, -0.2) is 4.79 Å². The summed E-state index contributed by atoms with van der Waals surface area (Å²) in [6.07, 6.45) is -3.88. The molecule has 14 nitrogen and oxygen atoms in total. The molecule has 2 aliphatic rings. The molecule has 3 rings (SSSR count). The lowest BCUT2D eigenvalue weighted by molar-refractivity contribution is -0.341. The third-order valence-electron chi connectivity index (χ3n) is 9.00. The maximum absolute atomic E-state index is 12.8. The van der Waals surface area contributed by atoms with E-state index in [1.54, 1.807) is 12.1 Å². The first-order valence-corrected chi connectivity index (χ1v) is 17.3. The Bertz CT molecular complexity index is 1070. The molecule has 1 aromatic carbocycles. The standard InChI is InChI=1S/C34H56N2O12/c1-2-3-4-5-6-7-8-9-10-17-35-34(45)36-22-14-11-21(12-15-22)13-16-23(39)18-24-27(40)30(43)32(26(20-38)46-24)48-33-31(44)29(42)28(41)25(19-37)47-33/h11-12,14-15,24-33,37-38,40-44H,2-10,13,16-20H2,1H3,(H2,35,36,45)/t24-,25+,26+,27-,28-,29-,30+,31+,32+,33-/m0/s1. The van der Waals surface area contributed by atoms with E-state index >= 15 is 0 Å². The van der Waals surface area contributed by atoms with Crippen LogP contribution in [0.25, 0.3) is 0 Å². The zero-order valence-corrected chi connectivity index (χ0v) is 27.9. The number of Topliss-reactive ketones (excluding diaryl/α,β-unsaturated/α-hetero) is 1. The Morgan fingerprint density at radius 3 is 1.96 bits per heavy atom. The highest BCUT2D eigenvalue weighted by atomic mass is 16.7. The minimum absolute atomic E-state index is 0.114. The minimum atomic E-state index is -1.76. The summed E-state index contributed by atoms with van der Waals surface area (Å²) in [5, 5.41) is 76.7. The predicted octanol–water partition coefficient (Wildman–Crippen LogP) is 0.897. The number of urea groups is 1. The van der Waals surface area contributed by atoms with E-state index < -0.39 is 74.4 Å². The molecule has 1 aromatic rings. The van der Waals surface area contributed by atoms with Crippen LogP contribution >= 0.6 is 0 Å². The lowest BCUT2D eigenvalue weighted by atomic mass is 9.91. The molecule has 0 bridgehead atoms.